The van der Waals surface area contributed by atoms with Crippen LogP contribution in [0, 0.1) is 5.82 Å². The normalized spacial score (nSPS) is 18.4. The molecular weight excluding hydrogens is 377 g/mol. The second-order valence-corrected chi connectivity index (χ2v) is 6.92. The van der Waals surface area contributed by atoms with E-state index in [1.54, 1.807) is 9.80 Å². The monoisotopic (exact) mass is 399 g/mol. The summed E-state index contributed by atoms with van der Waals surface area (Å²) in [5.74, 6) is -0.279. The maximum Gasteiger partial charge on any atom is 0.260 e. The molecule has 2 heterocycles. The highest BCUT2D eigenvalue weighted by molar-refractivity contribution is 6.30. The van der Waals surface area contributed by atoms with E-state index in [2.05, 4.69) is 4.90 Å². The topological polar surface area (TPSA) is 62.3 Å². The smallest absolute Gasteiger partial charge is 0.260 e. The van der Waals surface area contributed by atoms with Gasteiger partial charge in [0.05, 0.1) is 24.8 Å². The summed E-state index contributed by atoms with van der Waals surface area (Å²) in [5, 5.41) is -0.0488. The van der Waals surface area contributed by atoms with E-state index < -0.39 is 5.82 Å². The Bertz CT molecular complexity index is 677. The van der Waals surface area contributed by atoms with Crippen molar-refractivity contribution in [2.24, 2.45) is 0 Å². The van der Waals surface area contributed by atoms with Crippen LogP contribution in [0.4, 0.5) is 4.39 Å². The lowest BCUT2D eigenvalue weighted by Crippen LogP contribution is -2.54. The average molecular weight is 400 g/mol. The van der Waals surface area contributed by atoms with E-state index in [1.807, 2.05) is 0 Å². The summed E-state index contributed by atoms with van der Waals surface area (Å²) in [6.45, 7) is 5.08. The lowest BCUT2D eigenvalue weighted by Gasteiger charge is -2.36. The van der Waals surface area contributed by atoms with Gasteiger partial charge in [0.15, 0.2) is 6.61 Å². The lowest BCUT2D eigenvalue weighted by atomic mass is 10.3. The fraction of sp³-hybridized carbons (Fsp3) is 0.556. The zero-order valence-corrected chi connectivity index (χ0v) is 15.8. The molecule has 2 saturated heterocycles. The predicted octanol–water partition coefficient (Wildman–Crippen LogP) is 0.861. The molecule has 0 aromatic heterocycles. The number of halogens is 2. The number of carbonyl (C=O) groups excluding carboxylic acids is 2. The van der Waals surface area contributed by atoms with Gasteiger partial charge in [0.25, 0.3) is 5.91 Å². The van der Waals surface area contributed by atoms with Gasteiger partial charge >= 0.3 is 0 Å². The SMILES string of the molecule is O=C(COc1ccc(F)c(Cl)c1)N1CCN(C(=O)CN2CCOCC2)CC1. The van der Waals surface area contributed by atoms with E-state index in [4.69, 9.17) is 21.1 Å². The highest BCUT2D eigenvalue weighted by Gasteiger charge is 2.25. The first-order chi connectivity index (χ1) is 13.0. The van der Waals surface area contributed by atoms with Crippen LogP contribution < -0.4 is 4.74 Å². The van der Waals surface area contributed by atoms with E-state index in [9.17, 15) is 14.0 Å². The third-order valence-corrected chi connectivity index (χ3v) is 4.99. The minimum atomic E-state index is -0.534. The Morgan fingerprint density at radius 2 is 1.67 bits per heavy atom. The van der Waals surface area contributed by atoms with Crippen molar-refractivity contribution in [2.75, 3.05) is 65.6 Å². The summed E-state index contributed by atoms with van der Waals surface area (Å²) in [5.41, 5.74) is 0. The summed E-state index contributed by atoms with van der Waals surface area (Å²) < 4.78 is 23.8. The van der Waals surface area contributed by atoms with E-state index in [0.717, 1.165) is 13.1 Å². The first-order valence-corrected chi connectivity index (χ1v) is 9.34. The van der Waals surface area contributed by atoms with Crippen LogP contribution in [-0.4, -0.2) is 92.1 Å². The molecule has 0 saturated carbocycles. The quantitative estimate of drug-likeness (QED) is 0.735. The molecule has 2 amide bonds. The number of hydrogen-bond donors (Lipinski definition) is 0. The van der Waals surface area contributed by atoms with Gasteiger partial charge in [-0.1, -0.05) is 11.6 Å². The van der Waals surface area contributed by atoms with Crippen LogP contribution in [0.5, 0.6) is 5.75 Å². The predicted molar refractivity (Wildman–Crippen MR) is 97.3 cm³/mol. The van der Waals surface area contributed by atoms with Gasteiger partial charge < -0.3 is 19.3 Å². The Balaban J connectivity index is 1.40. The van der Waals surface area contributed by atoms with Gasteiger partial charge in [0.2, 0.25) is 5.91 Å². The number of morpholine rings is 1. The number of carbonyl (C=O) groups is 2. The van der Waals surface area contributed by atoms with Crippen molar-refractivity contribution in [3.8, 4) is 5.75 Å². The lowest BCUT2D eigenvalue weighted by molar-refractivity contribution is -0.141. The van der Waals surface area contributed by atoms with Gasteiger partial charge in [-0.2, -0.15) is 0 Å². The summed E-state index contributed by atoms with van der Waals surface area (Å²) in [6.07, 6.45) is 0. The number of amides is 2. The molecule has 0 bridgehead atoms. The van der Waals surface area contributed by atoms with Gasteiger partial charge in [0, 0.05) is 45.3 Å². The Kier molecular flexibility index (Phi) is 6.87. The molecule has 0 atom stereocenters. The van der Waals surface area contributed by atoms with Gasteiger partial charge in [0.1, 0.15) is 11.6 Å². The second kappa shape index (κ2) is 9.34. The molecule has 1 aromatic carbocycles. The van der Waals surface area contributed by atoms with Crippen molar-refractivity contribution in [2.45, 2.75) is 0 Å². The van der Waals surface area contributed by atoms with Crippen molar-refractivity contribution < 1.29 is 23.5 Å². The number of benzene rings is 1. The van der Waals surface area contributed by atoms with E-state index in [-0.39, 0.29) is 23.4 Å². The molecule has 1 aromatic rings. The van der Waals surface area contributed by atoms with Crippen LogP contribution in [0.3, 0.4) is 0 Å². The first-order valence-electron chi connectivity index (χ1n) is 8.96. The molecule has 9 heteroatoms. The molecule has 0 unspecified atom stereocenters. The summed E-state index contributed by atoms with van der Waals surface area (Å²) >= 11 is 5.70. The van der Waals surface area contributed by atoms with E-state index in [1.165, 1.54) is 18.2 Å². The van der Waals surface area contributed by atoms with Crippen LogP contribution in [0.1, 0.15) is 0 Å². The number of nitrogens with zero attached hydrogens (tertiary/aromatic N) is 3. The minimum absolute atomic E-state index is 0.0488. The maximum atomic E-state index is 13.1. The third-order valence-electron chi connectivity index (χ3n) is 4.70. The fourth-order valence-electron chi connectivity index (χ4n) is 3.06. The van der Waals surface area contributed by atoms with Gasteiger partial charge in [-0.3, -0.25) is 14.5 Å². The van der Waals surface area contributed by atoms with E-state index >= 15 is 0 Å². The zero-order chi connectivity index (χ0) is 19.2. The summed E-state index contributed by atoms with van der Waals surface area (Å²) in [7, 11) is 0. The molecule has 0 N–H and O–H groups in total. The highest BCUT2D eigenvalue weighted by atomic mass is 35.5. The molecule has 27 heavy (non-hydrogen) atoms. The molecule has 7 nitrogen and oxygen atoms in total. The Hall–Kier alpha value is -1.90. The largest absolute Gasteiger partial charge is 0.484 e. The van der Waals surface area contributed by atoms with Crippen LogP contribution in [0.15, 0.2) is 18.2 Å². The van der Waals surface area contributed by atoms with Crippen molar-refractivity contribution in [3.63, 3.8) is 0 Å². The highest BCUT2D eigenvalue weighted by Crippen LogP contribution is 2.21. The van der Waals surface area contributed by atoms with Crippen LogP contribution in [0.2, 0.25) is 5.02 Å². The van der Waals surface area contributed by atoms with Gasteiger partial charge in [-0.05, 0) is 12.1 Å². The molecule has 3 rings (SSSR count). The fourth-order valence-corrected chi connectivity index (χ4v) is 3.23. The van der Waals surface area contributed by atoms with Crippen LogP contribution >= 0.6 is 11.6 Å². The molecule has 0 radical (unpaired) electrons. The maximum absolute atomic E-state index is 13.1. The van der Waals surface area contributed by atoms with E-state index in [0.29, 0.717) is 51.7 Å². The number of hydrogen-bond acceptors (Lipinski definition) is 5. The Morgan fingerprint density at radius 3 is 2.30 bits per heavy atom. The molecule has 2 aliphatic rings. The molecule has 2 aliphatic heterocycles. The molecule has 148 valence electrons. The molecular formula is C18H23ClFN3O4. The number of rotatable bonds is 5. The van der Waals surface area contributed by atoms with Crippen molar-refractivity contribution in [3.05, 3.63) is 29.0 Å². The second-order valence-electron chi connectivity index (χ2n) is 6.51. The van der Waals surface area contributed by atoms with Gasteiger partial charge in [-0.25, -0.2) is 4.39 Å². The van der Waals surface area contributed by atoms with Crippen molar-refractivity contribution >= 4 is 23.4 Å². The molecule has 0 aliphatic carbocycles. The number of ether oxygens (including phenoxy) is 2. The van der Waals surface area contributed by atoms with Crippen LogP contribution in [-0.2, 0) is 14.3 Å². The van der Waals surface area contributed by atoms with Crippen molar-refractivity contribution in [1.29, 1.82) is 0 Å². The van der Waals surface area contributed by atoms with Crippen LogP contribution in [0.25, 0.3) is 0 Å². The molecule has 0 spiro atoms. The average Bonchev–Trinajstić information content (AvgIpc) is 2.69. The van der Waals surface area contributed by atoms with Gasteiger partial charge in [-0.15, -0.1) is 0 Å². The van der Waals surface area contributed by atoms with Crippen molar-refractivity contribution in [1.82, 2.24) is 14.7 Å². The Morgan fingerprint density at radius 1 is 1.04 bits per heavy atom. The summed E-state index contributed by atoms with van der Waals surface area (Å²) in [6, 6.07) is 3.96. The Labute approximate surface area is 162 Å². The summed E-state index contributed by atoms with van der Waals surface area (Å²) in [4.78, 5) is 30.2. The first kappa shape index (κ1) is 19.9. The standard InChI is InChI=1S/C18H23ClFN3O4/c19-15-11-14(1-2-16(15)20)27-13-18(25)23-5-3-22(4-6-23)17(24)12-21-7-9-26-10-8-21/h1-2,11H,3-10,12-13H2. The number of piperazine rings is 1. The minimum Gasteiger partial charge on any atom is -0.484 e. The zero-order valence-electron chi connectivity index (χ0n) is 15.0. The molecule has 2 fully saturated rings. The third kappa shape index (κ3) is 5.54.